The van der Waals surface area contributed by atoms with Crippen LogP contribution in [0.1, 0.15) is 0 Å². The molecule has 0 unspecified atom stereocenters. The molecule has 170 valence electrons. The molecule has 0 amide bonds. The van der Waals surface area contributed by atoms with Crippen LogP contribution < -0.4 is 0 Å². The number of halogens is 14. The summed E-state index contributed by atoms with van der Waals surface area (Å²) in [4.78, 5) is 0. The predicted octanol–water partition coefficient (Wildman–Crippen LogP) is 6.97. The normalized spacial score (nSPS) is 11.4. The van der Waals surface area contributed by atoms with Gasteiger partial charge in [-0.1, -0.05) is 0 Å². The van der Waals surface area contributed by atoms with Gasteiger partial charge in [0.1, 0.15) is 5.82 Å². The first-order valence-corrected chi connectivity index (χ1v) is 7.65. The molecular formula is C18F14. The molecule has 0 aliphatic rings. The molecule has 0 nitrogen and oxygen atoms in total. The van der Waals surface area contributed by atoms with Gasteiger partial charge in [-0.25, -0.2) is 61.5 Å². The van der Waals surface area contributed by atoms with E-state index in [4.69, 9.17) is 0 Å². The SMILES string of the molecule is Fc1c(F)c(F)c(-c2c(F)c(F)c(F)c(-c3c(F)c(F)c(F)c(F)c3F)c2F)c(F)c1F. The second-order valence-electron chi connectivity index (χ2n) is 5.90. The van der Waals surface area contributed by atoms with Crippen LogP contribution >= 0.6 is 0 Å². The molecule has 32 heavy (non-hydrogen) atoms. The fraction of sp³-hybridized carbons (Fsp3) is 0. The zero-order valence-corrected chi connectivity index (χ0v) is 14.3. The number of hydrogen-bond donors (Lipinski definition) is 0. The summed E-state index contributed by atoms with van der Waals surface area (Å²) >= 11 is 0. The summed E-state index contributed by atoms with van der Waals surface area (Å²) in [6.45, 7) is 0. The first kappa shape index (κ1) is 23.3. The number of hydrogen-bond acceptors (Lipinski definition) is 0. The van der Waals surface area contributed by atoms with Crippen LogP contribution in [0.25, 0.3) is 22.3 Å². The average molecular weight is 482 g/mol. The van der Waals surface area contributed by atoms with Gasteiger partial charge in [-0.15, -0.1) is 0 Å². The van der Waals surface area contributed by atoms with E-state index in [2.05, 4.69) is 0 Å². The van der Waals surface area contributed by atoms with Crippen LogP contribution in [-0.4, -0.2) is 0 Å². The average Bonchev–Trinajstić information content (AvgIpc) is 2.76. The van der Waals surface area contributed by atoms with Gasteiger partial charge in [0, 0.05) is 0 Å². The van der Waals surface area contributed by atoms with Crippen molar-refractivity contribution in [1.29, 1.82) is 0 Å². The molecule has 14 heteroatoms. The van der Waals surface area contributed by atoms with Gasteiger partial charge in [0.2, 0.25) is 11.6 Å². The topological polar surface area (TPSA) is 0 Å². The lowest BCUT2D eigenvalue weighted by molar-refractivity contribution is 0.377. The van der Waals surface area contributed by atoms with Gasteiger partial charge in [0.15, 0.2) is 64.0 Å². The standard InChI is InChI=1S/C18F14/c19-5-1(3-8(22)13(27)17(31)14(28)9(3)23)6(20)12(26)7(21)2(5)4-10(24)15(29)18(32)16(30)11(4)25. The van der Waals surface area contributed by atoms with E-state index in [1.54, 1.807) is 0 Å². The molecule has 0 bridgehead atoms. The van der Waals surface area contributed by atoms with E-state index < -0.39 is 104 Å². The maximum atomic E-state index is 14.8. The summed E-state index contributed by atoms with van der Waals surface area (Å²) in [5.41, 5.74) is -10.2. The van der Waals surface area contributed by atoms with Gasteiger partial charge in [-0.05, 0) is 0 Å². The molecule has 0 saturated heterocycles. The monoisotopic (exact) mass is 482 g/mol. The molecule has 0 atom stereocenters. The zero-order chi connectivity index (χ0) is 24.4. The van der Waals surface area contributed by atoms with Crippen molar-refractivity contribution in [1.82, 2.24) is 0 Å². The van der Waals surface area contributed by atoms with E-state index in [1.807, 2.05) is 0 Å². The van der Waals surface area contributed by atoms with Crippen molar-refractivity contribution >= 4 is 0 Å². The summed E-state index contributed by atoms with van der Waals surface area (Å²) in [7, 11) is 0. The molecular weight excluding hydrogens is 482 g/mol. The van der Waals surface area contributed by atoms with E-state index in [0.717, 1.165) is 0 Å². The highest BCUT2D eigenvalue weighted by Crippen LogP contribution is 2.43. The molecule has 0 aromatic heterocycles. The molecule has 0 radical (unpaired) electrons. The highest BCUT2D eigenvalue weighted by molar-refractivity contribution is 5.77. The van der Waals surface area contributed by atoms with Crippen LogP contribution in [0.4, 0.5) is 61.5 Å². The van der Waals surface area contributed by atoms with Crippen molar-refractivity contribution in [3.8, 4) is 22.3 Å². The van der Waals surface area contributed by atoms with Gasteiger partial charge in [-0.3, -0.25) is 0 Å². The quantitative estimate of drug-likeness (QED) is 0.210. The van der Waals surface area contributed by atoms with Crippen molar-refractivity contribution in [3.05, 3.63) is 81.4 Å². The van der Waals surface area contributed by atoms with Crippen molar-refractivity contribution in [2.75, 3.05) is 0 Å². The molecule has 0 aliphatic carbocycles. The molecule has 0 spiro atoms. The van der Waals surface area contributed by atoms with E-state index in [1.165, 1.54) is 0 Å². The van der Waals surface area contributed by atoms with Crippen molar-refractivity contribution in [2.45, 2.75) is 0 Å². The Morgan fingerprint density at radius 1 is 0.156 bits per heavy atom. The Balaban J connectivity index is 2.59. The molecule has 0 aliphatic heterocycles. The van der Waals surface area contributed by atoms with Gasteiger partial charge in [-0.2, -0.15) is 0 Å². The minimum absolute atomic E-state index is 2.54. The highest BCUT2D eigenvalue weighted by Gasteiger charge is 2.37. The van der Waals surface area contributed by atoms with Gasteiger partial charge >= 0.3 is 0 Å². The summed E-state index contributed by atoms with van der Waals surface area (Å²) in [5.74, 6) is -40.6. The molecule has 3 aromatic rings. The van der Waals surface area contributed by atoms with Gasteiger partial charge in [0.05, 0.1) is 22.3 Å². The minimum Gasteiger partial charge on any atom is -0.205 e. The van der Waals surface area contributed by atoms with Crippen LogP contribution in [0.2, 0.25) is 0 Å². The van der Waals surface area contributed by atoms with Crippen LogP contribution in [-0.2, 0) is 0 Å². The smallest absolute Gasteiger partial charge is 0.200 e. The lowest BCUT2D eigenvalue weighted by Gasteiger charge is -2.16. The summed E-state index contributed by atoms with van der Waals surface area (Å²) in [6, 6.07) is 0. The van der Waals surface area contributed by atoms with E-state index in [-0.39, 0.29) is 0 Å². The summed E-state index contributed by atoms with van der Waals surface area (Å²) < 4.78 is 193. The Bertz CT molecular complexity index is 1160. The molecule has 3 rings (SSSR count). The predicted molar refractivity (Wildman–Crippen MR) is 76.7 cm³/mol. The fourth-order valence-corrected chi connectivity index (χ4v) is 2.72. The minimum atomic E-state index is -3.00. The van der Waals surface area contributed by atoms with E-state index in [0.29, 0.717) is 0 Å². The fourth-order valence-electron chi connectivity index (χ4n) is 2.72. The van der Waals surface area contributed by atoms with Crippen LogP contribution in [0, 0.1) is 81.4 Å². The Hall–Kier alpha value is -3.32. The Morgan fingerprint density at radius 3 is 0.500 bits per heavy atom. The lowest BCUT2D eigenvalue weighted by Crippen LogP contribution is -2.12. The third-order valence-electron chi connectivity index (χ3n) is 4.18. The van der Waals surface area contributed by atoms with Crippen LogP contribution in [0.3, 0.4) is 0 Å². The third kappa shape index (κ3) is 2.99. The summed E-state index contributed by atoms with van der Waals surface area (Å²) in [6.07, 6.45) is 0. The Labute approximate surface area is 166 Å². The van der Waals surface area contributed by atoms with E-state index in [9.17, 15) is 61.5 Å². The Morgan fingerprint density at radius 2 is 0.281 bits per heavy atom. The lowest BCUT2D eigenvalue weighted by atomic mass is 9.94. The van der Waals surface area contributed by atoms with Gasteiger partial charge in [0.25, 0.3) is 0 Å². The maximum absolute atomic E-state index is 14.8. The molecule has 0 heterocycles. The second-order valence-corrected chi connectivity index (χ2v) is 5.90. The maximum Gasteiger partial charge on any atom is 0.200 e. The second kappa shape index (κ2) is 7.67. The highest BCUT2D eigenvalue weighted by atomic mass is 19.2. The van der Waals surface area contributed by atoms with Gasteiger partial charge < -0.3 is 0 Å². The number of benzene rings is 3. The number of rotatable bonds is 2. The van der Waals surface area contributed by atoms with Crippen LogP contribution in [0.5, 0.6) is 0 Å². The Kier molecular flexibility index (Phi) is 5.60. The van der Waals surface area contributed by atoms with E-state index >= 15 is 0 Å². The third-order valence-corrected chi connectivity index (χ3v) is 4.18. The molecule has 0 fully saturated rings. The first-order chi connectivity index (χ1) is 14.7. The van der Waals surface area contributed by atoms with Crippen LogP contribution in [0.15, 0.2) is 0 Å². The first-order valence-electron chi connectivity index (χ1n) is 7.65. The zero-order valence-electron chi connectivity index (χ0n) is 14.3. The van der Waals surface area contributed by atoms with Crippen molar-refractivity contribution < 1.29 is 61.5 Å². The van der Waals surface area contributed by atoms with Crippen molar-refractivity contribution in [2.24, 2.45) is 0 Å². The molecule has 0 N–H and O–H groups in total. The largest absolute Gasteiger partial charge is 0.205 e. The van der Waals surface area contributed by atoms with Crippen molar-refractivity contribution in [3.63, 3.8) is 0 Å². The molecule has 3 aromatic carbocycles. The molecule has 0 saturated carbocycles. The summed E-state index contributed by atoms with van der Waals surface area (Å²) in [5, 5.41) is 0.